The van der Waals surface area contributed by atoms with Gasteiger partial charge >= 0.3 is 0 Å². The summed E-state index contributed by atoms with van der Waals surface area (Å²) in [6.07, 6.45) is 3.33. The molecule has 2 N–H and O–H groups in total. The average Bonchev–Trinajstić information content (AvgIpc) is 3.12. The lowest BCUT2D eigenvalue weighted by atomic mass is 9.87. The molecule has 0 aromatic carbocycles. The second kappa shape index (κ2) is 6.54. The second-order valence-electron chi connectivity index (χ2n) is 7.59. The average molecular weight is 359 g/mol. The fraction of sp³-hybridized carbons (Fsp3) is 0.632. The number of aliphatic hydroxyl groups is 1. The van der Waals surface area contributed by atoms with E-state index in [4.69, 9.17) is 0 Å². The van der Waals surface area contributed by atoms with E-state index in [0.29, 0.717) is 6.54 Å². The normalized spacial score (nSPS) is 29.8. The van der Waals surface area contributed by atoms with Crippen molar-refractivity contribution in [3.63, 3.8) is 0 Å². The predicted octanol–water partition coefficient (Wildman–Crippen LogP) is 0.417. The lowest BCUT2D eigenvalue weighted by Crippen LogP contribution is -2.53. The van der Waals surface area contributed by atoms with Crippen molar-refractivity contribution in [3.05, 3.63) is 34.2 Å². The molecule has 140 valence electrons. The summed E-state index contributed by atoms with van der Waals surface area (Å²) in [6, 6.07) is 4.22. The van der Waals surface area contributed by atoms with E-state index in [1.54, 1.807) is 22.5 Å². The number of pyridine rings is 1. The molecule has 1 aromatic heterocycles. The van der Waals surface area contributed by atoms with Gasteiger partial charge in [-0.05, 0) is 25.3 Å². The molecule has 1 saturated carbocycles. The van der Waals surface area contributed by atoms with E-state index in [9.17, 15) is 19.5 Å². The molecule has 7 heteroatoms. The van der Waals surface area contributed by atoms with Crippen molar-refractivity contribution in [2.24, 2.45) is 11.8 Å². The molecule has 4 atom stereocenters. The Morgan fingerprint density at radius 2 is 2.08 bits per heavy atom. The molecule has 2 aliphatic heterocycles. The number of nitrogens with one attached hydrogen (secondary N) is 1. The van der Waals surface area contributed by atoms with E-state index >= 15 is 0 Å². The topological polar surface area (TPSA) is 91.6 Å². The number of hydrogen-bond acceptors (Lipinski definition) is 4. The van der Waals surface area contributed by atoms with Crippen LogP contribution in [0.5, 0.6) is 0 Å². The smallest absolute Gasteiger partial charge is 0.250 e. The Bertz CT molecular complexity index is 785. The quantitative estimate of drug-likeness (QED) is 0.815. The number of aromatic nitrogens is 1. The van der Waals surface area contributed by atoms with Crippen LogP contribution in [0, 0.1) is 11.8 Å². The van der Waals surface area contributed by atoms with Crippen LogP contribution in [0.3, 0.4) is 0 Å². The molecule has 2 fully saturated rings. The summed E-state index contributed by atoms with van der Waals surface area (Å²) in [5.41, 5.74) is 0.662. The summed E-state index contributed by atoms with van der Waals surface area (Å²) < 4.78 is 1.67. The Morgan fingerprint density at radius 1 is 1.31 bits per heavy atom. The first-order valence-electron chi connectivity index (χ1n) is 9.49. The number of carbonyl (C=O) groups is 2. The predicted molar refractivity (Wildman–Crippen MR) is 94.2 cm³/mol. The first kappa shape index (κ1) is 17.3. The van der Waals surface area contributed by atoms with Gasteiger partial charge in [-0.15, -0.1) is 0 Å². The monoisotopic (exact) mass is 359 g/mol. The van der Waals surface area contributed by atoms with Gasteiger partial charge in [-0.2, -0.15) is 0 Å². The zero-order valence-electron chi connectivity index (χ0n) is 14.9. The molecule has 0 unspecified atom stereocenters. The van der Waals surface area contributed by atoms with Gasteiger partial charge in [-0.3, -0.25) is 14.4 Å². The minimum atomic E-state index is -0.674. The van der Waals surface area contributed by atoms with Gasteiger partial charge in [-0.25, -0.2) is 0 Å². The van der Waals surface area contributed by atoms with E-state index in [-0.39, 0.29) is 54.3 Å². The minimum Gasteiger partial charge on any atom is -0.396 e. The fourth-order valence-corrected chi connectivity index (χ4v) is 4.74. The molecule has 4 rings (SSSR count). The van der Waals surface area contributed by atoms with Crippen LogP contribution in [-0.2, 0) is 16.1 Å². The van der Waals surface area contributed by atoms with Gasteiger partial charge in [0, 0.05) is 49.2 Å². The molecule has 3 heterocycles. The van der Waals surface area contributed by atoms with Gasteiger partial charge in [0.25, 0.3) is 5.56 Å². The van der Waals surface area contributed by atoms with Gasteiger partial charge in [0.15, 0.2) is 0 Å². The first-order valence-corrected chi connectivity index (χ1v) is 9.49. The van der Waals surface area contributed by atoms with E-state index in [1.165, 1.54) is 6.07 Å². The fourth-order valence-electron chi connectivity index (χ4n) is 4.74. The Kier molecular flexibility index (Phi) is 4.34. The molecule has 3 aliphatic rings. The number of nitrogens with zero attached hydrogens (tertiary/aromatic N) is 2. The molecule has 7 nitrogen and oxygen atoms in total. The molecular weight excluding hydrogens is 334 g/mol. The van der Waals surface area contributed by atoms with Crippen LogP contribution in [0.1, 0.15) is 44.3 Å². The van der Waals surface area contributed by atoms with Crippen molar-refractivity contribution in [2.75, 3.05) is 6.61 Å². The van der Waals surface area contributed by atoms with Crippen LogP contribution < -0.4 is 10.9 Å². The Labute approximate surface area is 152 Å². The summed E-state index contributed by atoms with van der Waals surface area (Å²) in [4.78, 5) is 39.6. The maximum Gasteiger partial charge on any atom is 0.250 e. The van der Waals surface area contributed by atoms with Crippen molar-refractivity contribution < 1.29 is 14.7 Å². The number of hydrogen-bond donors (Lipinski definition) is 2. The van der Waals surface area contributed by atoms with Gasteiger partial charge < -0.3 is 19.9 Å². The molecule has 26 heavy (non-hydrogen) atoms. The van der Waals surface area contributed by atoms with E-state index in [1.807, 2.05) is 6.07 Å². The Balaban J connectivity index is 1.73. The minimum absolute atomic E-state index is 0.104. The number of likely N-dealkylation sites (tertiary alicyclic amines) is 1. The number of aliphatic hydroxyl groups excluding tert-OH is 1. The highest BCUT2D eigenvalue weighted by molar-refractivity contribution is 5.89. The van der Waals surface area contributed by atoms with Crippen molar-refractivity contribution in [1.82, 2.24) is 14.8 Å². The summed E-state index contributed by atoms with van der Waals surface area (Å²) in [6.45, 7) is 2.03. The highest BCUT2D eigenvalue weighted by Crippen LogP contribution is 2.49. The van der Waals surface area contributed by atoms with E-state index in [0.717, 1.165) is 25.0 Å². The van der Waals surface area contributed by atoms with Crippen molar-refractivity contribution >= 4 is 11.8 Å². The largest absolute Gasteiger partial charge is 0.396 e. The lowest BCUT2D eigenvalue weighted by molar-refractivity contribution is -0.142. The number of amides is 2. The standard InChI is InChI=1S/C19H25N3O4/c1-2-15(24)22-17-12(9-21-14(17)7-4-8-16(21)25)13(10-23)18(22)19(26)20-11-5-3-6-11/h4,7-8,11-13,17-18,23H,2-3,5-6,9-10H2,1H3,(H,20,26)/t12-,13-,17+,18-/m1/s1. The lowest BCUT2D eigenvalue weighted by Gasteiger charge is -2.34. The summed E-state index contributed by atoms with van der Waals surface area (Å²) in [5, 5.41) is 13.1. The Hall–Kier alpha value is -2.15. The van der Waals surface area contributed by atoms with E-state index in [2.05, 4.69) is 5.32 Å². The molecule has 0 spiro atoms. The molecular formula is C19H25N3O4. The Morgan fingerprint density at radius 3 is 2.69 bits per heavy atom. The zero-order valence-corrected chi connectivity index (χ0v) is 14.9. The van der Waals surface area contributed by atoms with Crippen LogP contribution in [0.25, 0.3) is 0 Å². The van der Waals surface area contributed by atoms with Crippen molar-refractivity contribution in [2.45, 2.75) is 57.3 Å². The summed E-state index contributed by atoms with van der Waals surface area (Å²) in [5.74, 6) is -0.776. The molecule has 1 aliphatic carbocycles. The maximum atomic E-state index is 13.0. The van der Waals surface area contributed by atoms with Crippen molar-refractivity contribution in [3.8, 4) is 0 Å². The van der Waals surface area contributed by atoms with Crippen LogP contribution in [0.15, 0.2) is 23.0 Å². The summed E-state index contributed by atoms with van der Waals surface area (Å²) in [7, 11) is 0. The van der Waals surface area contributed by atoms with Gasteiger partial charge in [-0.1, -0.05) is 13.0 Å². The maximum absolute atomic E-state index is 13.0. The van der Waals surface area contributed by atoms with E-state index < -0.39 is 6.04 Å². The van der Waals surface area contributed by atoms with Gasteiger partial charge in [0.2, 0.25) is 11.8 Å². The molecule has 1 saturated heterocycles. The number of carbonyl (C=O) groups excluding carboxylic acids is 2. The SMILES string of the molecule is CCC(=O)N1[C@@H]2c3cccc(=O)n3C[C@@H]2[C@@H](CO)[C@@H]1C(=O)NC1CCC1. The highest BCUT2D eigenvalue weighted by Gasteiger charge is 2.57. The van der Waals surface area contributed by atoms with Crippen LogP contribution in [0.4, 0.5) is 0 Å². The highest BCUT2D eigenvalue weighted by atomic mass is 16.3. The molecule has 1 aromatic rings. The van der Waals surface area contributed by atoms with Gasteiger partial charge in [0.1, 0.15) is 6.04 Å². The van der Waals surface area contributed by atoms with Crippen LogP contribution in [-0.4, -0.2) is 45.1 Å². The second-order valence-corrected chi connectivity index (χ2v) is 7.59. The van der Waals surface area contributed by atoms with Gasteiger partial charge in [0.05, 0.1) is 6.04 Å². The third-order valence-corrected chi connectivity index (χ3v) is 6.26. The zero-order chi connectivity index (χ0) is 18.4. The molecule has 0 bridgehead atoms. The third-order valence-electron chi connectivity index (χ3n) is 6.26. The van der Waals surface area contributed by atoms with Crippen LogP contribution in [0.2, 0.25) is 0 Å². The molecule has 2 amide bonds. The van der Waals surface area contributed by atoms with Crippen LogP contribution >= 0.6 is 0 Å². The number of rotatable bonds is 4. The first-order chi connectivity index (χ1) is 12.6. The summed E-state index contributed by atoms with van der Waals surface area (Å²) >= 11 is 0. The third kappa shape index (κ3) is 2.48. The van der Waals surface area contributed by atoms with Crippen molar-refractivity contribution in [1.29, 1.82) is 0 Å². The molecule has 0 radical (unpaired) electrons. The number of fused-ring (bicyclic) bond motifs is 3.